The number of nitrogens with zero attached hydrogens (tertiary/aromatic N) is 2. The molecule has 1 saturated heterocycles. The molecule has 6 heteroatoms. The number of hydrogen-bond donors (Lipinski definition) is 0. The fraction of sp³-hybridized carbons (Fsp3) is 0.722. The average Bonchev–Trinajstić information content (AvgIpc) is 2.57. The summed E-state index contributed by atoms with van der Waals surface area (Å²) in [5.41, 5.74) is -0.698. The Morgan fingerprint density at radius 3 is 2.17 bits per heavy atom. The smallest absolute Gasteiger partial charge is 0.375 e. The molecule has 0 aromatic carbocycles. The minimum Gasteiger partial charge on any atom is -0.375 e. The van der Waals surface area contributed by atoms with Gasteiger partial charge in [0.15, 0.2) is 0 Å². The Balaban J connectivity index is 1.48. The van der Waals surface area contributed by atoms with Crippen LogP contribution in [0.15, 0.2) is 18.3 Å². The van der Waals surface area contributed by atoms with Gasteiger partial charge in [-0.05, 0) is 56.6 Å². The lowest BCUT2D eigenvalue weighted by Gasteiger charge is -2.36. The summed E-state index contributed by atoms with van der Waals surface area (Å²) < 4.78 is 44.0. The van der Waals surface area contributed by atoms with Crippen molar-refractivity contribution in [2.45, 2.75) is 63.8 Å². The fourth-order valence-corrected chi connectivity index (χ4v) is 3.60. The second kappa shape index (κ2) is 7.30. The number of hydrogen-bond acceptors (Lipinski definition) is 3. The van der Waals surface area contributed by atoms with Gasteiger partial charge in [0.05, 0.1) is 17.8 Å². The van der Waals surface area contributed by atoms with Crippen LogP contribution in [0.1, 0.15) is 51.0 Å². The van der Waals surface area contributed by atoms with E-state index < -0.39 is 11.7 Å². The predicted octanol–water partition coefficient (Wildman–Crippen LogP) is 4.66. The van der Waals surface area contributed by atoms with Crippen molar-refractivity contribution in [1.29, 1.82) is 0 Å². The van der Waals surface area contributed by atoms with E-state index in [0.717, 1.165) is 57.0 Å². The highest BCUT2D eigenvalue weighted by Gasteiger charge is 2.31. The first kappa shape index (κ1) is 17.5. The van der Waals surface area contributed by atoms with Gasteiger partial charge in [-0.2, -0.15) is 13.2 Å². The number of anilines is 1. The Hall–Kier alpha value is -1.30. The largest absolute Gasteiger partial charge is 0.417 e. The van der Waals surface area contributed by atoms with Crippen LogP contribution < -0.4 is 4.90 Å². The van der Waals surface area contributed by atoms with Crippen molar-refractivity contribution in [1.82, 2.24) is 4.98 Å². The molecule has 134 valence electrons. The summed E-state index contributed by atoms with van der Waals surface area (Å²) in [7, 11) is 0. The van der Waals surface area contributed by atoms with E-state index in [2.05, 4.69) is 11.9 Å². The Bertz CT molecular complexity index is 516. The van der Waals surface area contributed by atoms with Crippen LogP contribution in [0.4, 0.5) is 19.0 Å². The minimum absolute atomic E-state index is 0.272. The maximum Gasteiger partial charge on any atom is 0.417 e. The first-order valence-corrected chi connectivity index (χ1v) is 8.85. The molecular weight excluding hydrogens is 317 g/mol. The summed E-state index contributed by atoms with van der Waals surface area (Å²) in [4.78, 5) is 6.03. The molecule has 0 bridgehead atoms. The summed E-state index contributed by atoms with van der Waals surface area (Å²) in [5.74, 6) is 1.44. The van der Waals surface area contributed by atoms with E-state index in [0.29, 0.717) is 11.9 Å². The third kappa shape index (κ3) is 4.41. The Morgan fingerprint density at radius 2 is 1.62 bits per heavy atom. The molecule has 2 aliphatic rings. The Kier molecular flexibility index (Phi) is 5.33. The van der Waals surface area contributed by atoms with E-state index in [9.17, 15) is 13.2 Å². The number of ether oxygens (including phenoxy) is 1. The van der Waals surface area contributed by atoms with E-state index >= 15 is 0 Å². The molecule has 2 heterocycles. The van der Waals surface area contributed by atoms with Gasteiger partial charge in [-0.1, -0.05) is 6.92 Å². The van der Waals surface area contributed by atoms with Crippen LogP contribution in [0.25, 0.3) is 0 Å². The third-order valence-electron chi connectivity index (χ3n) is 5.19. The highest BCUT2D eigenvalue weighted by molar-refractivity contribution is 5.40. The van der Waals surface area contributed by atoms with Gasteiger partial charge in [0.25, 0.3) is 0 Å². The van der Waals surface area contributed by atoms with Crippen molar-refractivity contribution >= 4 is 5.82 Å². The van der Waals surface area contributed by atoms with Gasteiger partial charge in [0.1, 0.15) is 5.82 Å². The molecule has 0 radical (unpaired) electrons. The van der Waals surface area contributed by atoms with Gasteiger partial charge >= 0.3 is 6.18 Å². The Morgan fingerprint density at radius 1 is 1.00 bits per heavy atom. The summed E-state index contributed by atoms with van der Waals surface area (Å²) in [6.07, 6.45) is 3.88. The number of alkyl halides is 3. The van der Waals surface area contributed by atoms with Gasteiger partial charge < -0.3 is 9.64 Å². The zero-order valence-corrected chi connectivity index (χ0v) is 14.1. The normalized spacial score (nSPS) is 26.6. The van der Waals surface area contributed by atoms with Crippen LogP contribution in [0, 0.1) is 5.92 Å². The maximum absolute atomic E-state index is 12.6. The molecule has 1 aliphatic heterocycles. The van der Waals surface area contributed by atoms with Crippen LogP contribution in [0.3, 0.4) is 0 Å². The highest BCUT2D eigenvalue weighted by Crippen LogP contribution is 2.31. The molecular formula is C18H25F3N2O. The van der Waals surface area contributed by atoms with E-state index in [1.165, 1.54) is 18.9 Å². The van der Waals surface area contributed by atoms with Crippen LogP contribution >= 0.6 is 0 Å². The van der Waals surface area contributed by atoms with Gasteiger partial charge in [0.2, 0.25) is 0 Å². The van der Waals surface area contributed by atoms with Crippen molar-refractivity contribution in [3.05, 3.63) is 23.9 Å². The van der Waals surface area contributed by atoms with Crippen molar-refractivity contribution in [3.8, 4) is 0 Å². The monoisotopic (exact) mass is 342 g/mol. The quantitative estimate of drug-likeness (QED) is 0.798. The van der Waals surface area contributed by atoms with Crippen LogP contribution in [0.2, 0.25) is 0 Å². The van der Waals surface area contributed by atoms with E-state index in [1.54, 1.807) is 0 Å². The van der Waals surface area contributed by atoms with E-state index in [1.807, 2.05) is 4.90 Å². The van der Waals surface area contributed by atoms with Crippen molar-refractivity contribution in [2.24, 2.45) is 5.92 Å². The lowest BCUT2D eigenvalue weighted by Crippen LogP contribution is -2.39. The van der Waals surface area contributed by atoms with Gasteiger partial charge in [0, 0.05) is 19.3 Å². The van der Waals surface area contributed by atoms with Gasteiger partial charge in [-0.3, -0.25) is 0 Å². The Labute approximate surface area is 141 Å². The molecule has 3 nitrogen and oxygen atoms in total. The van der Waals surface area contributed by atoms with Crippen molar-refractivity contribution < 1.29 is 17.9 Å². The number of aromatic nitrogens is 1. The molecule has 1 aliphatic carbocycles. The van der Waals surface area contributed by atoms with Crippen LogP contribution in [-0.4, -0.2) is 30.3 Å². The number of halogens is 3. The minimum atomic E-state index is -4.33. The lowest BCUT2D eigenvalue weighted by atomic mass is 9.88. The molecule has 0 atom stereocenters. The second-order valence-electron chi connectivity index (χ2n) is 7.11. The third-order valence-corrected chi connectivity index (χ3v) is 5.19. The first-order chi connectivity index (χ1) is 11.4. The molecule has 24 heavy (non-hydrogen) atoms. The van der Waals surface area contributed by atoms with E-state index in [4.69, 9.17) is 4.74 Å². The zero-order chi connectivity index (χ0) is 17.2. The zero-order valence-electron chi connectivity index (χ0n) is 14.1. The summed E-state index contributed by atoms with van der Waals surface area (Å²) in [6.45, 7) is 3.87. The van der Waals surface area contributed by atoms with E-state index in [-0.39, 0.29) is 6.10 Å². The van der Waals surface area contributed by atoms with Gasteiger partial charge in [-0.25, -0.2) is 4.98 Å². The van der Waals surface area contributed by atoms with Gasteiger partial charge in [-0.15, -0.1) is 0 Å². The molecule has 1 saturated carbocycles. The fourth-order valence-electron chi connectivity index (χ4n) is 3.60. The number of rotatable bonds is 3. The molecule has 0 amide bonds. The highest BCUT2D eigenvalue weighted by atomic mass is 19.4. The molecule has 1 aromatic rings. The molecule has 2 fully saturated rings. The SMILES string of the molecule is CC1CCC(OC2CCN(c3ccc(C(F)(F)F)cn3)CC2)CC1. The molecule has 0 spiro atoms. The van der Waals surface area contributed by atoms with Crippen molar-refractivity contribution in [2.75, 3.05) is 18.0 Å². The molecule has 0 unspecified atom stereocenters. The second-order valence-corrected chi connectivity index (χ2v) is 7.11. The topological polar surface area (TPSA) is 25.4 Å². The summed E-state index contributed by atoms with van der Waals surface area (Å²) >= 11 is 0. The molecule has 3 rings (SSSR count). The summed E-state index contributed by atoms with van der Waals surface area (Å²) in [5, 5.41) is 0. The lowest BCUT2D eigenvalue weighted by molar-refractivity contribution is -0.137. The summed E-state index contributed by atoms with van der Waals surface area (Å²) in [6, 6.07) is 2.57. The average molecular weight is 342 g/mol. The molecule has 0 N–H and O–H groups in total. The molecule has 1 aromatic heterocycles. The first-order valence-electron chi connectivity index (χ1n) is 8.85. The van der Waals surface area contributed by atoms with Crippen molar-refractivity contribution in [3.63, 3.8) is 0 Å². The standard InChI is InChI=1S/C18H25F3N2O/c1-13-2-5-15(6-3-13)24-16-8-10-23(11-9-16)17-7-4-14(12-22-17)18(19,20)21/h4,7,12-13,15-16H,2-3,5-6,8-11H2,1H3. The number of piperidine rings is 1. The number of pyridine rings is 1. The predicted molar refractivity (Wildman–Crippen MR) is 87.0 cm³/mol. The van der Waals surface area contributed by atoms with Crippen LogP contribution in [0.5, 0.6) is 0 Å². The maximum atomic E-state index is 12.6. The van der Waals surface area contributed by atoms with Crippen LogP contribution in [-0.2, 0) is 10.9 Å².